The van der Waals surface area contributed by atoms with Gasteiger partial charge in [0.1, 0.15) is 0 Å². The van der Waals surface area contributed by atoms with Crippen molar-refractivity contribution in [2.75, 3.05) is 7.11 Å². The first-order valence-electron chi connectivity index (χ1n) is 6.45. The van der Waals surface area contributed by atoms with Crippen LogP contribution in [0.3, 0.4) is 0 Å². The number of nitrogens with zero attached hydrogens (tertiary/aromatic N) is 2. The summed E-state index contributed by atoms with van der Waals surface area (Å²) in [6.45, 7) is 0.497. The van der Waals surface area contributed by atoms with Crippen molar-refractivity contribution in [2.45, 2.75) is 6.54 Å². The van der Waals surface area contributed by atoms with Gasteiger partial charge in [0.2, 0.25) is 5.88 Å². The monoisotopic (exact) mass is 300 g/mol. The van der Waals surface area contributed by atoms with Crippen LogP contribution in [-0.4, -0.2) is 16.7 Å². The molecule has 0 aliphatic rings. The highest BCUT2D eigenvalue weighted by Crippen LogP contribution is 2.15. The molecule has 0 amide bonds. The van der Waals surface area contributed by atoms with Gasteiger partial charge in [0.15, 0.2) is 0 Å². The Morgan fingerprint density at radius 3 is 2.71 bits per heavy atom. The molecule has 2 heterocycles. The minimum absolute atomic E-state index is 0.0665. The predicted molar refractivity (Wildman–Crippen MR) is 83.1 cm³/mol. The van der Waals surface area contributed by atoms with Crippen molar-refractivity contribution in [1.82, 2.24) is 9.55 Å². The van der Waals surface area contributed by atoms with Crippen LogP contribution >= 0.6 is 11.6 Å². The first-order valence-corrected chi connectivity index (χ1v) is 6.83. The summed E-state index contributed by atoms with van der Waals surface area (Å²) in [4.78, 5) is 16.6. The normalized spacial score (nSPS) is 10.8. The van der Waals surface area contributed by atoms with Crippen molar-refractivity contribution in [3.63, 3.8) is 0 Å². The summed E-state index contributed by atoms with van der Waals surface area (Å²) >= 11 is 5.87. The van der Waals surface area contributed by atoms with E-state index in [1.165, 1.54) is 7.11 Å². The Morgan fingerprint density at radius 2 is 2.00 bits per heavy atom. The Labute approximate surface area is 126 Å². The second kappa shape index (κ2) is 5.58. The van der Waals surface area contributed by atoms with Crippen molar-refractivity contribution >= 4 is 22.4 Å². The molecule has 0 aliphatic carbocycles. The average molecular weight is 301 g/mol. The molecular formula is C16H13ClN2O2. The molecule has 2 aromatic heterocycles. The number of pyridine rings is 2. The van der Waals surface area contributed by atoms with Crippen LogP contribution in [0.4, 0.5) is 0 Å². The Balaban J connectivity index is 2.04. The molecule has 3 aromatic rings. The fraction of sp³-hybridized carbons (Fsp3) is 0.125. The van der Waals surface area contributed by atoms with Crippen LogP contribution < -0.4 is 10.3 Å². The number of halogens is 1. The van der Waals surface area contributed by atoms with Crippen LogP contribution in [-0.2, 0) is 6.54 Å². The summed E-state index contributed by atoms with van der Waals surface area (Å²) in [5.41, 5.74) is 0.949. The van der Waals surface area contributed by atoms with E-state index in [4.69, 9.17) is 16.3 Å². The van der Waals surface area contributed by atoms with E-state index in [1.807, 2.05) is 30.3 Å². The van der Waals surface area contributed by atoms with Crippen LogP contribution in [0.15, 0.2) is 53.6 Å². The number of benzene rings is 1. The molecule has 0 fully saturated rings. The van der Waals surface area contributed by atoms with Gasteiger partial charge in [-0.25, -0.2) is 4.98 Å². The molecule has 106 valence electrons. The van der Waals surface area contributed by atoms with Gasteiger partial charge in [-0.05, 0) is 23.8 Å². The van der Waals surface area contributed by atoms with Gasteiger partial charge in [-0.2, -0.15) is 0 Å². The first kappa shape index (κ1) is 13.6. The molecule has 0 radical (unpaired) electrons. The summed E-state index contributed by atoms with van der Waals surface area (Å²) < 4.78 is 6.73. The van der Waals surface area contributed by atoms with Crippen LogP contribution in [0, 0.1) is 0 Å². The van der Waals surface area contributed by atoms with Gasteiger partial charge in [-0.3, -0.25) is 4.79 Å². The zero-order chi connectivity index (χ0) is 14.8. The number of hydrogen-bond donors (Lipinski definition) is 0. The molecular weight excluding hydrogens is 288 g/mol. The van der Waals surface area contributed by atoms with Gasteiger partial charge in [0.25, 0.3) is 5.56 Å². The smallest absolute Gasteiger partial charge is 0.258 e. The van der Waals surface area contributed by atoms with E-state index >= 15 is 0 Å². The standard InChI is InChI=1S/C16H13ClN2O2/c1-21-15-8-14-12(9-18-15)6-7-19(16(14)20)10-11-2-4-13(17)5-3-11/h2-9H,10H2,1H3. The largest absolute Gasteiger partial charge is 0.481 e. The fourth-order valence-electron chi connectivity index (χ4n) is 2.18. The molecule has 21 heavy (non-hydrogen) atoms. The van der Waals surface area contributed by atoms with Crippen LogP contribution in [0.25, 0.3) is 10.8 Å². The molecule has 0 saturated heterocycles. The second-order valence-electron chi connectivity index (χ2n) is 4.69. The fourth-order valence-corrected chi connectivity index (χ4v) is 2.31. The summed E-state index contributed by atoms with van der Waals surface area (Å²) in [5, 5.41) is 2.08. The molecule has 0 spiro atoms. The lowest BCUT2D eigenvalue weighted by Gasteiger charge is -2.08. The highest BCUT2D eigenvalue weighted by Gasteiger charge is 2.06. The third-order valence-electron chi connectivity index (χ3n) is 3.31. The predicted octanol–water partition coefficient (Wildman–Crippen LogP) is 3.11. The lowest BCUT2D eigenvalue weighted by molar-refractivity contribution is 0.398. The molecule has 0 aliphatic heterocycles. The summed E-state index contributed by atoms with van der Waals surface area (Å²) in [6, 6.07) is 11.0. The number of aromatic nitrogens is 2. The quantitative estimate of drug-likeness (QED) is 0.746. The van der Waals surface area contributed by atoms with Gasteiger partial charge in [0.05, 0.1) is 19.0 Å². The Bertz CT molecular complexity index is 841. The first-order chi connectivity index (χ1) is 10.2. The molecule has 1 aromatic carbocycles. The molecule has 0 saturated carbocycles. The molecule has 4 nitrogen and oxygen atoms in total. The molecule has 5 heteroatoms. The van der Waals surface area contributed by atoms with Gasteiger partial charge in [0, 0.05) is 28.9 Å². The molecule has 3 rings (SSSR count). The van der Waals surface area contributed by atoms with Crippen LogP contribution in [0.2, 0.25) is 5.02 Å². The van der Waals surface area contributed by atoms with E-state index in [2.05, 4.69) is 4.98 Å². The van der Waals surface area contributed by atoms with E-state index in [0.717, 1.165) is 10.9 Å². The Kier molecular flexibility index (Phi) is 3.62. The lowest BCUT2D eigenvalue weighted by Crippen LogP contribution is -2.20. The molecule has 0 unspecified atom stereocenters. The zero-order valence-electron chi connectivity index (χ0n) is 11.4. The number of rotatable bonds is 3. The van der Waals surface area contributed by atoms with Gasteiger partial charge >= 0.3 is 0 Å². The summed E-state index contributed by atoms with van der Waals surface area (Å²) in [5.74, 6) is 0.434. The van der Waals surface area contributed by atoms with Gasteiger partial charge in [-0.1, -0.05) is 23.7 Å². The molecule has 0 N–H and O–H groups in total. The third kappa shape index (κ3) is 2.76. The Hall–Kier alpha value is -2.33. The molecule has 0 bridgehead atoms. The number of methoxy groups -OCH3 is 1. The van der Waals surface area contributed by atoms with Crippen LogP contribution in [0.5, 0.6) is 5.88 Å². The van der Waals surface area contributed by atoms with E-state index in [1.54, 1.807) is 23.0 Å². The SMILES string of the molecule is COc1cc2c(=O)n(Cc3ccc(Cl)cc3)ccc2cn1. The highest BCUT2D eigenvalue weighted by molar-refractivity contribution is 6.30. The maximum Gasteiger partial charge on any atom is 0.258 e. The third-order valence-corrected chi connectivity index (χ3v) is 3.56. The van der Waals surface area contributed by atoms with Crippen molar-refractivity contribution < 1.29 is 4.74 Å². The summed E-state index contributed by atoms with van der Waals surface area (Å²) in [6.07, 6.45) is 3.41. The number of hydrogen-bond acceptors (Lipinski definition) is 3. The lowest BCUT2D eigenvalue weighted by atomic mass is 10.2. The van der Waals surface area contributed by atoms with Gasteiger partial charge < -0.3 is 9.30 Å². The second-order valence-corrected chi connectivity index (χ2v) is 5.13. The van der Waals surface area contributed by atoms with Crippen molar-refractivity contribution in [2.24, 2.45) is 0 Å². The van der Waals surface area contributed by atoms with Crippen LogP contribution in [0.1, 0.15) is 5.56 Å². The van der Waals surface area contributed by atoms with E-state index in [-0.39, 0.29) is 5.56 Å². The average Bonchev–Trinajstić information content (AvgIpc) is 2.52. The maximum absolute atomic E-state index is 12.5. The Morgan fingerprint density at radius 1 is 1.24 bits per heavy atom. The van der Waals surface area contributed by atoms with E-state index in [0.29, 0.717) is 22.8 Å². The van der Waals surface area contributed by atoms with Crippen molar-refractivity contribution in [1.29, 1.82) is 0 Å². The minimum Gasteiger partial charge on any atom is -0.481 e. The topological polar surface area (TPSA) is 44.1 Å². The van der Waals surface area contributed by atoms with E-state index < -0.39 is 0 Å². The zero-order valence-corrected chi connectivity index (χ0v) is 12.2. The van der Waals surface area contributed by atoms with E-state index in [9.17, 15) is 4.79 Å². The van der Waals surface area contributed by atoms with Crippen molar-refractivity contribution in [3.05, 3.63) is 69.7 Å². The summed E-state index contributed by atoms with van der Waals surface area (Å²) in [7, 11) is 1.53. The maximum atomic E-state index is 12.5. The van der Waals surface area contributed by atoms with Crippen molar-refractivity contribution in [3.8, 4) is 5.88 Å². The minimum atomic E-state index is -0.0665. The highest BCUT2D eigenvalue weighted by atomic mass is 35.5. The number of fused-ring (bicyclic) bond motifs is 1. The number of ether oxygens (including phenoxy) is 1. The van der Waals surface area contributed by atoms with Gasteiger partial charge in [-0.15, -0.1) is 0 Å². The molecule has 0 atom stereocenters.